The average Bonchev–Trinajstić information content (AvgIpc) is 2.45. The van der Waals surface area contributed by atoms with E-state index < -0.39 is 5.97 Å². The third-order valence-corrected chi connectivity index (χ3v) is 3.55. The third kappa shape index (κ3) is 3.61. The van der Waals surface area contributed by atoms with Crippen LogP contribution in [0.2, 0.25) is 0 Å². The summed E-state index contributed by atoms with van der Waals surface area (Å²) in [4.78, 5) is 11.1. The van der Waals surface area contributed by atoms with Crippen molar-refractivity contribution in [1.29, 1.82) is 0 Å². The van der Waals surface area contributed by atoms with E-state index in [0.29, 0.717) is 0 Å². The van der Waals surface area contributed by atoms with Crippen molar-refractivity contribution in [2.24, 2.45) is 0 Å². The second-order valence-electron chi connectivity index (χ2n) is 4.55. The summed E-state index contributed by atoms with van der Waals surface area (Å²) in [5.74, 6) is -0.929. The topological polar surface area (TPSA) is 49.3 Å². The molecule has 0 saturated carbocycles. The number of benzene rings is 2. The lowest BCUT2D eigenvalue weighted by Crippen LogP contribution is -2.10. The number of hydrogen-bond donors (Lipinski definition) is 2. The number of anilines is 1. The van der Waals surface area contributed by atoms with E-state index in [2.05, 4.69) is 40.3 Å². The Morgan fingerprint density at radius 3 is 2.55 bits per heavy atom. The Morgan fingerprint density at radius 2 is 1.95 bits per heavy atom. The van der Waals surface area contributed by atoms with Crippen molar-refractivity contribution in [2.75, 3.05) is 5.32 Å². The molecular formula is C16H16BrNO2. The number of aromatic carboxylic acids is 1. The molecule has 2 rings (SSSR count). The van der Waals surface area contributed by atoms with Crippen LogP contribution < -0.4 is 5.32 Å². The van der Waals surface area contributed by atoms with E-state index >= 15 is 0 Å². The summed E-state index contributed by atoms with van der Waals surface area (Å²) >= 11 is 3.35. The summed E-state index contributed by atoms with van der Waals surface area (Å²) in [6.45, 7) is 2.10. The summed E-state index contributed by atoms with van der Waals surface area (Å²) in [6, 6.07) is 15.4. The molecule has 0 spiro atoms. The molecule has 4 heteroatoms. The van der Waals surface area contributed by atoms with E-state index in [0.717, 1.165) is 16.6 Å². The van der Waals surface area contributed by atoms with Crippen LogP contribution in [-0.4, -0.2) is 11.1 Å². The summed E-state index contributed by atoms with van der Waals surface area (Å²) in [5, 5.41) is 12.5. The van der Waals surface area contributed by atoms with Crippen LogP contribution >= 0.6 is 15.9 Å². The van der Waals surface area contributed by atoms with Gasteiger partial charge in [-0.2, -0.15) is 0 Å². The summed E-state index contributed by atoms with van der Waals surface area (Å²) < 4.78 is 0.753. The number of carbonyl (C=O) groups is 1. The lowest BCUT2D eigenvalue weighted by molar-refractivity contribution is 0.0697. The van der Waals surface area contributed by atoms with Crippen LogP contribution in [0.5, 0.6) is 0 Å². The first-order valence-electron chi connectivity index (χ1n) is 6.45. The molecule has 1 unspecified atom stereocenters. The van der Waals surface area contributed by atoms with E-state index in [1.54, 1.807) is 12.1 Å². The van der Waals surface area contributed by atoms with Gasteiger partial charge in [0.2, 0.25) is 0 Å². The molecule has 2 aromatic rings. The van der Waals surface area contributed by atoms with E-state index in [1.165, 1.54) is 5.56 Å². The van der Waals surface area contributed by atoms with Crippen molar-refractivity contribution in [3.63, 3.8) is 0 Å². The normalized spacial score (nSPS) is 11.9. The Bertz CT molecular complexity index is 599. The SMILES string of the molecule is CCC(Nc1cc(Br)cc(C(=O)O)c1)c1ccccc1. The Labute approximate surface area is 126 Å². The largest absolute Gasteiger partial charge is 0.478 e. The van der Waals surface area contributed by atoms with E-state index in [1.807, 2.05) is 24.3 Å². The number of carboxylic acid groups (broad SMARTS) is 1. The lowest BCUT2D eigenvalue weighted by atomic mass is 10.0. The first kappa shape index (κ1) is 14.6. The number of hydrogen-bond acceptors (Lipinski definition) is 2. The molecular weight excluding hydrogens is 318 g/mol. The molecule has 0 aromatic heterocycles. The molecule has 0 aliphatic carbocycles. The standard InChI is InChI=1S/C16H16BrNO2/c1-2-15(11-6-4-3-5-7-11)18-14-9-12(16(19)20)8-13(17)10-14/h3-10,15,18H,2H2,1H3,(H,19,20). The van der Waals surface area contributed by atoms with Crippen LogP contribution in [0.4, 0.5) is 5.69 Å². The summed E-state index contributed by atoms with van der Waals surface area (Å²) in [6.07, 6.45) is 0.916. The predicted molar refractivity (Wildman–Crippen MR) is 84.2 cm³/mol. The van der Waals surface area contributed by atoms with Gasteiger partial charge in [0.05, 0.1) is 11.6 Å². The quantitative estimate of drug-likeness (QED) is 0.832. The molecule has 0 radical (unpaired) electrons. The van der Waals surface area contributed by atoms with Gasteiger partial charge in [0.25, 0.3) is 0 Å². The fourth-order valence-corrected chi connectivity index (χ4v) is 2.60. The Morgan fingerprint density at radius 1 is 1.25 bits per heavy atom. The van der Waals surface area contributed by atoms with E-state index in [-0.39, 0.29) is 11.6 Å². The highest BCUT2D eigenvalue weighted by Crippen LogP contribution is 2.26. The average molecular weight is 334 g/mol. The Hall–Kier alpha value is -1.81. The second-order valence-corrected chi connectivity index (χ2v) is 5.47. The zero-order chi connectivity index (χ0) is 14.5. The molecule has 2 N–H and O–H groups in total. The van der Waals surface area contributed by atoms with Crippen LogP contribution in [0.1, 0.15) is 35.3 Å². The number of halogens is 1. The highest BCUT2D eigenvalue weighted by atomic mass is 79.9. The number of carboxylic acids is 1. The van der Waals surface area contributed by atoms with Crippen molar-refractivity contribution < 1.29 is 9.90 Å². The monoisotopic (exact) mass is 333 g/mol. The maximum Gasteiger partial charge on any atom is 0.335 e. The van der Waals surface area contributed by atoms with Crippen molar-refractivity contribution >= 4 is 27.6 Å². The second kappa shape index (κ2) is 6.57. The Kier molecular flexibility index (Phi) is 4.79. The molecule has 0 bridgehead atoms. The van der Waals surface area contributed by atoms with Gasteiger partial charge in [-0.1, -0.05) is 53.2 Å². The number of rotatable bonds is 5. The van der Waals surface area contributed by atoms with E-state index in [9.17, 15) is 4.79 Å². The molecule has 0 aliphatic rings. The minimum atomic E-state index is -0.929. The molecule has 3 nitrogen and oxygen atoms in total. The van der Waals surface area contributed by atoms with Gasteiger partial charge in [0.1, 0.15) is 0 Å². The Balaban J connectivity index is 2.26. The van der Waals surface area contributed by atoms with Gasteiger partial charge in [-0.15, -0.1) is 0 Å². The first-order chi connectivity index (χ1) is 9.60. The minimum absolute atomic E-state index is 0.159. The van der Waals surface area contributed by atoms with Crippen LogP contribution in [0.25, 0.3) is 0 Å². The van der Waals surface area contributed by atoms with Crippen molar-refractivity contribution in [1.82, 2.24) is 0 Å². The maximum absolute atomic E-state index is 11.1. The van der Waals surface area contributed by atoms with Gasteiger partial charge in [0, 0.05) is 10.2 Å². The van der Waals surface area contributed by atoms with Crippen LogP contribution in [0.3, 0.4) is 0 Å². The zero-order valence-electron chi connectivity index (χ0n) is 11.1. The van der Waals surface area contributed by atoms with Gasteiger partial charge >= 0.3 is 5.97 Å². The zero-order valence-corrected chi connectivity index (χ0v) is 12.7. The number of nitrogens with one attached hydrogen (secondary N) is 1. The van der Waals surface area contributed by atoms with Gasteiger partial charge in [-0.3, -0.25) is 0 Å². The van der Waals surface area contributed by atoms with Crippen molar-refractivity contribution in [3.05, 3.63) is 64.1 Å². The minimum Gasteiger partial charge on any atom is -0.478 e. The molecule has 20 heavy (non-hydrogen) atoms. The van der Waals surface area contributed by atoms with Crippen LogP contribution in [-0.2, 0) is 0 Å². The lowest BCUT2D eigenvalue weighted by Gasteiger charge is -2.19. The fraction of sp³-hybridized carbons (Fsp3) is 0.188. The van der Waals surface area contributed by atoms with Gasteiger partial charge < -0.3 is 10.4 Å². The molecule has 104 valence electrons. The molecule has 0 aliphatic heterocycles. The molecule has 0 amide bonds. The molecule has 0 heterocycles. The van der Waals surface area contributed by atoms with Gasteiger partial charge in [0.15, 0.2) is 0 Å². The van der Waals surface area contributed by atoms with Crippen molar-refractivity contribution in [3.8, 4) is 0 Å². The highest BCUT2D eigenvalue weighted by Gasteiger charge is 2.11. The van der Waals surface area contributed by atoms with Crippen LogP contribution in [0.15, 0.2) is 53.0 Å². The predicted octanol–water partition coefficient (Wildman–Crippen LogP) is 4.71. The van der Waals surface area contributed by atoms with Gasteiger partial charge in [-0.25, -0.2) is 4.79 Å². The first-order valence-corrected chi connectivity index (χ1v) is 7.25. The molecule has 1 atom stereocenters. The van der Waals surface area contributed by atoms with Crippen molar-refractivity contribution in [2.45, 2.75) is 19.4 Å². The van der Waals surface area contributed by atoms with Gasteiger partial charge in [-0.05, 0) is 30.2 Å². The maximum atomic E-state index is 11.1. The summed E-state index contributed by atoms with van der Waals surface area (Å²) in [7, 11) is 0. The summed E-state index contributed by atoms with van der Waals surface area (Å²) in [5.41, 5.74) is 2.25. The molecule has 0 fully saturated rings. The van der Waals surface area contributed by atoms with Crippen LogP contribution in [0, 0.1) is 0 Å². The highest BCUT2D eigenvalue weighted by molar-refractivity contribution is 9.10. The molecule has 0 saturated heterocycles. The fourth-order valence-electron chi connectivity index (χ4n) is 2.10. The third-order valence-electron chi connectivity index (χ3n) is 3.10. The van der Waals surface area contributed by atoms with E-state index in [4.69, 9.17) is 5.11 Å². The molecule has 2 aromatic carbocycles. The smallest absolute Gasteiger partial charge is 0.335 e.